The van der Waals surface area contributed by atoms with Gasteiger partial charge < -0.3 is 30.2 Å². The third kappa shape index (κ3) is 8.15. The Morgan fingerprint density at radius 2 is 1.98 bits per heavy atom. The van der Waals surface area contributed by atoms with Crippen LogP contribution >= 0.6 is 0 Å². The van der Waals surface area contributed by atoms with Crippen molar-refractivity contribution in [2.24, 2.45) is 11.1 Å². The van der Waals surface area contributed by atoms with Crippen molar-refractivity contribution < 1.29 is 23.8 Å². The Kier molecular flexibility index (Phi) is 10.7. The number of nitrogens with two attached hydrogens (primary N) is 1. The number of aliphatic hydroxyl groups excluding tert-OH is 1. The maximum Gasteiger partial charge on any atom is 0.248 e. The summed E-state index contributed by atoms with van der Waals surface area (Å²) in [6.45, 7) is 6.19. The zero-order valence-electron chi connectivity index (χ0n) is 24.6. The summed E-state index contributed by atoms with van der Waals surface area (Å²) < 4.78 is 11.5. The normalized spacial score (nSPS) is 18.9. The number of oxazole rings is 1. The summed E-state index contributed by atoms with van der Waals surface area (Å²) in [4.78, 5) is 32.5. The van der Waals surface area contributed by atoms with Gasteiger partial charge in [0.25, 0.3) is 0 Å². The molecule has 0 aliphatic carbocycles. The Bertz CT molecular complexity index is 1330. The van der Waals surface area contributed by atoms with Crippen LogP contribution in [0.2, 0.25) is 0 Å². The lowest BCUT2D eigenvalue weighted by Crippen LogP contribution is -2.57. The van der Waals surface area contributed by atoms with E-state index in [0.29, 0.717) is 25.5 Å². The molecule has 5 atom stereocenters. The monoisotopic (exact) mass is 574 g/mol. The molecule has 1 fully saturated rings. The van der Waals surface area contributed by atoms with Gasteiger partial charge in [-0.15, -0.1) is 0 Å². The highest BCUT2D eigenvalue weighted by molar-refractivity contribution is 5.90. The zero-order chi connectivity index (χ0) is 30.1. The average Bonchev–Trinajstić information content (AvgIpc) is 3.71. The molecule has 2 unspecified atom stereocenters. The Morgan fingerprint density at radius 1 is 1.21 bits per heavy atom. The first-order valence-corrected chi connectivity index (χ1v) is 14.5. The Hall–Kier alpha value is -3.79. The van der Waals surface area contributed by atoms with Crippen LogP contribution in [0.3, 0.4) is 0 Å². The standard InChI is InChI=1S/C33H42N4O5/c1-23(34)30(39)36-29(24(2)42-21-25-9-5-4-6-10-25)32(40)37-17-8-13-28(37)14-15-33(3,22-38)20-26-11-7-12-27(19-26)31-35-16-18-41-31/h4-7,9-12,14-16,18-19,23-24,28-29,38H,8,13,17,20-22,34H2,1-3H3,(H,36,39)/b15-14+/t23?,24-,28+,29?,33+/m1/s1. The fourth-order valence-electron chi connectivity index (χ4n) is 5.17. The van der Waals surface area contributed by atoms with Crippen molar-refractivity contribution in [1.82, 2.24) is 15.2 Å². The molecule has 3 aromatic rings. The van der Waals surface area contributed by atoms with Gasteiger partial charge in [-0.25, -0.2) is 4.98 Å². The summed E-state index contributed by atoms with van der Waals surface area (Å²) in [5.41, 5.74) is 8.15. The highest BCUT2D eigenvalue weighted by Crippen LogP contribution is 2.29. The maximum atomic E-state index is 13.9. The molecule has 1 aliphatic heterocycles. The van der Waals surface area contributed by atoms with E-state index in [0.717, 1.165) is 29.5 Å². The van der Waals surface area contributed by atoms with Crippen molar-refractivity contribution in [2.75, 3.05) is 13.2 Å². The SMILES string of the molecule is CC(N)C(=O)NC(C(=O)N1CCC[C@H]1/C=C/[C@](C)(CO)Cc1cccc(-c2ncco2)c1)[C@@H](C)OCc1ccccc1. The molecule has 2 amide bonds. The van der Waals surface area contributed by atoms with Crippen LogP contribution in [0.1, 0.15) is 44.7 Å². The van der Waals surface area contributed by atoms with Crippen molar-refractivity contribution in [2.45, 2.75) is 70.9 Å². The van der Waals surface area contributed by atoms with Crippen LogP contribution < -0.4 is 11.1 Å². The number of aromatic nitrogens is 1. The number of amides is 2. The first-order chi connectivity index (χ1) is 20.2. The molecule has 4 rings (SSSR count). The Balaban J connectivity index is 1.47. The second-order valence-corrected chi connectivity index (χ2v) is 11.4. The number of nitrogens with one attached hydrogen (secondary N) is 1. The lowest BCUT2D eigenvalue weighted by atomic mass is 9.83. The van der Waals surface area contributed by atoms with Gasteiger partial charge in [0.05, 0.1) is 37.6 Å². The quantitative estimate of drug-likeness (QED) is 0.264. The van der Waals surface area contributed by atoms with Crippen molar-refractivity contribution in [3.8, 4) is 11.5 Å². The van der Waals surface area contributed by atoms with Crippen LogP contribution in [0.25, 0.3) is 11.5 Å². The van der Waals surface area contributed by atoms with E-state index in [4.69, 9.17) is 14.9 Å². The van der Waals surface area contributed by atoms with Crippen LogP contribution in [-0.2, 0) is 27.4 Å². The highest BCUT2D eigenvalue weighted by atomic mass is 16.5. The fourth-order valence-corrected chi connectivity index (χ4v) is 5.17. The molecular formula is C33H42N4O5. The molecule has 0 spiro atoms. The molecule has 9 heteroatoms. The molecular weight excluding hydrogens is 532 g/mol. The zero-order valence-corrected chi connectivity index (χ0v) is 24.6. The third-order valence-electron chi connectivity index (χ3n) is 7.68. The van der Waals surface area contributed by atoms with Crippen LogP contribution in [-0.4, -0.2) is 64.2 Å². The molecule has 2 heterocycles. The second kappa shape index (κ2) is 14.4. The molecule has 0 radical (unpaired) electrons. The summed E-state index contributed by atoms with van der Waals surface area (Å²) in [5.74, 6) is -0.0680. The van der Waals surface area contributed by atoms with E-state index in [1.54, 1.807) is 31.2 Å². The largest absolute Gasteiger partial charge is 0.445 e. The number of carbonyl (C=O) groups is 2. The number of carbonyl (C=O) groups excluding carboxylic acids is 2. The van der Waals surface area contributed by atoms with Crippen LogP contribution in [0.4, 0.5) is 0 Å². The number of aliphatic hydroxyl groups is 1. The molecule has 1 saturated heterocycles. The van der Waals surface area contributed by atoms with E-state index in [1.165, 1.54) is 0 Å². The van der Waals surface area contributed by atoms with E-state index in [2.05, 4.69) is 10.3 Å². The average molecular weight is 575 g/mol. The molecule has 224 valence electrons. The summed E-state index contributed by atoms with van der Waals surface area (Å²) in [6.07, 6.45) is 8.81. The molecule has 1 aromatic heterocycles. The first-order valence-electron chi connectivity index (χ1n) is 14.5. The van der Waals surface area contributed by atoms with E-state index < -0.39 is 29.5 Å². The van der Waals surface area contributed by atoms with Crippen molar-refractivity contribution >= 4 is 11.8 Å². The van der Waals surface area contributed by atoms with Gasteiger partial charge in [0, 0.05) is 17.5 Å². The number of likely N-dealkylation sites (tertiary alicyclic amines) is 1. The summed E-state index contributed by atoms with van der Waals surface area (Å²) >= 11 is 0. The molecule has 9 nitrogen and oxygen atoms in total. The molecule has 0 saturated carbocycles. The Labute approximate surface area is 247 Å². The molecule has 1 aliphatic rings. The summed E-state index contributed by atoms with van der Waals surface area (Å²) in [5, 5.41) is 13.2. The van der Waals surface area contributed by atoms with Gasteiger partial charge in [-0.1, -0.05) is 61.5 Å². The molecule has 42 heavy (non-hydrogen) atoms. The topological polar surface area (TPSA) is 131 Å². The maximum absolute atomic E-state index is 13.9. The predicted octanol–water partition coefficient (Wildman–Crippen LogP) is 3.87. The lowest BCUT2D eigenvalue weighted by Gasteiger charge is -2.32. The number of rotatable bonds is 13. The predicted molar refractivity (Wildman–Crippen MR) is 161 cm³/mol. The summed E-state index contributed by atoms with van der Waals surface area (Å²) in [6, 6.07) is 15.8. The first kappa shape index (κ1) is 31.2. The molecule has 0 bridgehead atoms. The number of hydrogen-bond donors (Lipinski definition) is 3. The highest BCUT2D eigenvalue weighted by Gasteiger charge is 2.37. The van der Waals surface area contributed by atoms with Gasteiger partial charge in [-0.3, -0.25) is 9.59 Å². The van der Waals surface area contributed by atoms with Gasteiger partial charge in [0.15, 0.2) is 0 Å². The van der Waals surface area contributed by atoms with Crippen molar-refractivity contribution in [3.05, 3.63) is 90.3 Å². The third-order valence-corrected chi connectivity index (χ3v) is 7.68. The number of ether oxygens (including phenoxy) is 1. The lowest BCUT2D eigenvalue weighted by molar-refractivity contribution is -0.141. The van der Waals surface area contributed by atoms with Gasteiger partial charge >= 0.3 is 0 Å². The number of nitrogens with zero attached hydrogens (tertiary/aromatic N) is 2. The van der Waals surface area contributed by atoms with Gasteiger partial charge in [-0.2, -0.15) is 0 Å². The van der Waals surface area contributed by atoms with E-state index in [9.17, 15) is 14.7 Å². The minimum atomic E-state index is -0.886. The van der Waals surface area contributed by atoms with E-state index in [1.807, 2.05) is 73.7 Å². The molecule has 4 N–H and O–H groups in total. The second-order valence-electron chi connectivity index (χ2n) is 11.4. The van der Waals surface area contributed by atoms with Crippen LogP contribution in [0, 0.1) is 5.41 Å². The Morgan fingerprint density at radius 3 is 2.67 bits per heavy atom. The molecule has 2 aromatic carbocycles. The minimum Gasteiger partial charge on any atom is -0.445 e. The van der Waals surface area contributed by atoms with Gasteiger partial charge in [-0.05, 0) is 56.4 Å². The van der Waals surface area contributed by atoms with E-state index >= 15 is 0 Å². The number of benzene rings is 2. The number of hydrogen-bond acceptors (Lipinski definition) is 7. The fraction of sp³-hybridized carbons (Fsp3) is 0.424. The van der Waals surface area contributed by atoms with Crippen molar-refractivity contribution in [3.63, 3.8) is 0 Å². The smallest absolute Gasteiger partial charge is 0.248 e. The van der Waals surface area contributed by atoms with Crippen LogP contribution in [0.15, 0.2) is 83.6 Å². The van der Waals surface area contributed by atoms with Crippen LogP contribution in [0.5, 0.6) is 0 Å². The van der Waals surface area contributed by atoms with Gasteiger partial charge in [0.1, 0.15) is 12.3 Å². The van der Waals surface area contributed by atoms with E-state index in [-0.39, 0.29) is 18.6 Å². The van der Waals surface area contributed by atoms with Crippen molar-refractivity contribution in [1.29, 1.82) is 0 Å². The minimum absolute atomic E-state index is 0.0647. The van der Waals surface area contributed by atoms with Gasteiger partial charge in [0.2, 0.25) is 17.7 Å². The summed E-state index contributed by atoms with van der Waals surface area (Å²) in [7, 11) is 0.